The zero-order chi connectivity index (χ0) is 21.2. The van der Waals surface area contributed by atoms with Crippen LogP contribution in [0.15, 0.2) is 46.1 Å². The van der Waals surface area contributed by atoms with Gasteiger partial charge in [-0.1, -0.05) is 32.0 Å². The Hall–Kier alpha value is -3.00. The van der Waals surface area contributed by atoms with Crippen LogP contribution in [-0.2, 0) is 0 Å². The summed E-state index contributed by atoms with van der Waals surface area (Å²) in [4.78, 5) is 34.4. The van der Waals surface area contributed by atoms with Crippen LogP contribution < -0.4 is 16.4 Å². The number of H-pyrrole nitrogens is 1. The number of fused-ring (bicyclic) bond motifs is 1. The fourth-order valence-corrected chi connectivity index (χ4v) is 3.51. The molecule has 8 heteroatoms. The van der Waals surface area contributed by atoms with Crippen molar-refractivity contribution >= 4 is 16.7 Å². The molecule has 3 aromatic rings. The maximum atomic E-state index is 12.8. The molecule has 0 amide bonds. The minimum absolute atomic E-state index is 0.0134. The summed E-state index contributed by atoms with van der Waals surface area (Å²) in [6.07, 6.45) is 1.66. The van der Waals surface area contributed by atoms with Crippen molar-refractivity contribution in [1.82, 2.24) is 24.6 Å². The van der Waals surface area contributed by atoms with E-state index in [2.05, 4.69) is 39.1 Å². The number of anilines is 1. The molecule has 0 aliphatic rings. The van der Waals surface area contributed by atoms with Gasteiger partial charge in [0.25, 0.3) is 11.1 Å². The number of hydrogen-bond donors (Lipinski definition) is 2. The zero-order valence-corrected chi connectivity index (χ0v) is 17.6. The van der Waals surface area contributed by atoms with E-state index in [1.807, 2.05) is 39.2 Å². The molecule has 154 valence electrons. The van der Waals surface area contributed by atoms with E-state index < -0.39 is 6.04 Å². The summed E-state index contributed by atoms with van der Waals surface area (Å²) in [6, 6.07) is 8.23. The number of nitrogens with zero attached hydrogens (tertiary/aromatic N) is 4. The maximum Gasteiger partial charge on any atom is 0.275 e. The van der Waals surface area contributed by atoms with Gasteiger partial charge in [0.2, 0.25) is 5.95 Å². The van der Waals surface area contributed by atoms with Gasteiger partial charge in [0.05, 0.1) is 23.3 Å². The third-order valence-corrected chi connectivity index (χ3v) is 4.76. The molecular weight excluding hydrogens is 368 g/mol. The van der Waals surface area contributed by atoms with Crippen LogP contribution in [-0.4, -0.2) is 51.8 Å². The predicted molar refractivity (Wildman–Crippen MR) is 115 cm³/mol. The van der Waals surface area contributed by atoms with Crippen LogP contribution in [0.5, 0.6) is 0 Å². The highest BCUT2D eigenvalue weighted by Crippen LogP contribution is 2.18. The van der Waals surface area contributed by atoms with Crippen molar-refractivity contribution < 1.29 is 0 Å². The Bertz CT molecular complexity index is 1120. The average molecular weight is 396 g/mol. The minimum Gasteiger partial charge on any atom is -0.355 e. The largest absolute Gasteiger partial charge is 0.355 e. The summed E-state index contributed by atoms with van der Waals surface area (Å²) >= 11 is 0. The summed E-state index contributed by atoms with van der Waals surface area (Å²) in [5, 5.41) is 8.88. The van der Waals surface area contributed by atoms with Crippen LogP contribution in [0.2, 0.25) is 0 Å². The summed E-state index contributed by atoms with van der Waals surface area (Å²) in [7, 11) is 4.05. The van der Waals surface area contributed by atoms with Gasteiger partial charge in [-0.2, -0.15) is 5.10 Å². The molecule has 0 bridgehead atoms. The molecule has 0 aliphatic heterocycles. The first-order valence-corrected chi connectivity index (χ1v) is 9.63. The first kappa shape index (κ1) is 20.7. The Morgan fingerprint density at radius 1 is 1.24 bits per heavy atom. The lowest BCUT2D eigenvalue weighted by atomic mass is 9.93. The molecule has 3 rings (SSSR count). The molecule has 0 radical (unpaired) electrons. The molecule has 0 saturated carbocycles. The van der Waals surface area contributed by atoms with Crippen molar-refractivity contribution in [1.29, 1.82) is 0 Å². The SMILES string of the molecule is C[C@H](c1cc(=O)[nH]c(NCC(C)(C)CN(C)C)n1)n1ncc2ccccc2c1=O. The van der Waals surface area contributed by atoms with Gasteiger partial charge in [-0.05, 0) is 32.5 Å². The van der Waals surface area contributed by atoms with E-state index in [1.54, 1.807) is 12.3 Å². The molecule has 0 fully saturated rings. The minimum atomic E-state index is -0.482. The Morgan fingerprint density at radius 2 is 1.97 bits per heavy atom. The molecule has 0 unspecified atom stereocenters. The van der Waals surface area contributed by atoms with Gasteiger partial charge in [0.1, 0.15) is 0 Å². The number of hydrogen-bond acceptors (Lipinski definition) is 6. The van der Waals surface area contributed by atoms with Crippen LogP contribution in [0.3, 0.4) is 0 Å². The second-order valence-corrected chi connectivity index (χ2v) is 8.43. The van der Waals surface area contributed by atoms with Crippen LogP contribution in [0, 0.1) is 5.41 Å². The molecule has 1 aromatic carbocycles. The van der Waals surface area contributed by atoms with E-state index in [1.165, 1.54) is 10.7 Å². The third kappa shape index (κ3) is 4.89. The van der Waals surface area contributed by atoms with E-state index in [9.17, 15) is 9.59 Å². The molecule has 1 atom stereocenters. The topological polar surface area (TPSA) is 95.9 Å². The molecular formula is C21H28N6O2. The van der Waals surface area contributed by atoms with Gasteiger partial charge in [0, 0.05) is 24.5 Å². The number of rotatable bonds is 7. The quantitative estimate of drug-likeness (QED) is 0.635. The number of nitrogens with one attached hydrogen (secondary N) is 2. The summed E-state index contributed by atoms with van der Waals surface area (Å²) in [6.45, 7) is 7.62. The third-order valence-electron chi connectivity index (χ3n) is 4.76. The highest BCUT2D eigenvalue weighted by molar-refractivity contribution is 5.80. The summed E-state index contributed by atoms with van der Waals surface area (Å²) in [5.74, 6) is 0.389. The zero-order valence-electron chi connectivity index (χ0n) is 17.6. The van der Waals surface area contributed by atoms with Gasteiger partial charge in [-0.3, -0.25) is 14.6 Å². The molecule has 2 aromatic heterocycles. The molecule has 2 N–H and O–H groups in total. The van der Waals surface area contributed by atoms with E-state index >= 15 is 0 Å². The molecule has 29 heavy (non-hydrogen) atoms. The van der Waals surface area contributed by atoms with E-state index in [0.29, 0.717) is 23.6 Å². The second-order valence-electron chi connectivity index (χ2n) is 8.43. The first-order valence-electron chi connectivity index (χ1n) is 9.63. The molecule has 8 nitrogen and oxygen atoms in total. The first-order chi connectivity index (χ1) is 13.7. The lowest BCUT2D eigenvalue weighted by Crippen LogP contribution is -2.35. The van der Waals surface area contributed by atoms with Gasteiger partial charge in [0.15, 0.2) is 0 Å². The van der Waals surface area contributed by atoms with Crippen LogP contribution in [0.1, 0.15) is 32.5 Å². The number of aromatic nitrogens is 4. The Morgan fingerprint density at radius 3 is 2.69 bits per heavy atom. The van der Waals surface area contributed by atoms with Crippen molar-refractivity contribution in [3.63, 3.8) is 0 Å². The lowest BCUT2D eigenvalue weighted by Gasteiger charge is -2.28. The Kier molecular flexibility index (Phi) is 5.83. The highest BCUT2D eigenvalue weighted by atomic mass is 16.1. The van der Waals surface area contributed by atoms with Crippen molar-refractivity contribution in [2.45, 2.75) is 26.8 Å². The van der Waals surface area contributed by atoms with Gasteiger partial charge < -0.3 is 10.2 Å². The van der Waals surface area contributed by atoms with Crippen LogP contribution >= 0.6 is 0 Å². The molecule has 0 aliphatic carbocycles. The van der Waals surface area contributed by atoms with Gasteiger partial charge >= 0.3 is 0 Å². The number of benzene rings is 1. The van der Waals surface area contributed by atoms with Crippen molar-refractivity contribution in [3.8, 4) is 0 Å². The smallest absolute Gasteiger partial charge is 0.275 e. The average Bonchev–Trinajstić information content (AvgIpc) is 2.65. The normalized spacial score (nSPS) is 13.0. The molecule has 0 spiro atoms. The highest BCUT2D eigenvalue weighted by Gasteiger charge is 2.20. The van der Waals surface area contributed by atoms with Crippen molar-refractivity contribution in [3.05, 3.63) is 62.9 Å². The maximum absolute atomic E-state index is 12.8. The molecule has 2 heterocycles. The van der Waals surface area contributed by atoms with Crippen LogP contribution in [0.25, 0.3) is 10.8 Å². The van der Waals surface area contributed by atoms with E-state index in [4.69, 9.17) is 0 Å². The Labute approximate surface area is 169 Å². The van der Waals surface area contributed by atoms with Gasteiger partial charge in [-0.15, -0.1) is 0 Å². The monoisotopic (exact) mass is 396 g/mol. The fraction of sp³-hybridized carbons (Fsp3) is 0.429. The van der Waals surface area contributed by atoms with E-state index in [-0.39, 0.29) is 16.5 Å². The lowest BCUT2D eigenvalue weighted by molar-refractivity contribution is 0.254. The van der Waals surface area contributed by atoms with E-state index in [0.717, 1.165) is 11.9 Å². The molecule has 0 saturated heterocycles. The standard InChI is InChI=1S/C21H28N6O2/c1-14(27-19(29)16-9-7-6-8-15(16)11-23-27)17-10-18(28)25-20(24-17)22-12-21(2,3)13-26(4)5/h6-11,14H,12-13H2,1-5H3,(H2,22,24,25,28)/t14-/m1/s1. The second kappa shape index (κ2) is 8.16. The summed E-state index contributed by atoms with van der Waals surface area (Å²) < 4.78 is 1.36. The van der Waals surface area contributed by atoms with Crippen LogP contribution in [0.4, 0.5) is 5.95 Å². The van der Waals surface area contributed by atoms with Crippen molar-refractivity contribution in [2.75, 3.05) is 32.5 Å². The predicted octanol–water partition coefficient (Wildman–Crippen LogP) is 2.09. The Balaban J connectivity index is 1.89. The summed E-state index contributed by atoms with van der Waals surface area (Å²) in [5.41, 5.74) is -0.0185. The van der Waals surface area contributed by atoms with Gasteiger partial charge in [-0.25, -0.2) is 9.67 Å². The number of aromatic amines is 1. The fourth-order valence-electron chi connectivity index (χ4n) is 3.51. The van der Waals surface area contributed by atoms with Crippen molar-refractivity contribution in [2.24, 2.45) is 5.41 Å².